The molecule has 5 heteroatoms. The molecule has 0 aliphatic carbocycles. The van der Waals surface area contributed by atoms with E-state index in [1.807, 2.05) is 30.3 Å². The average Bonchev–Trinajstić information content (AvgIpc) is 2.42. The number of ether oxygens (including phenoxy) is 1. The van der Waals surface area contributed by atoms with E-state index >= 15 is 0 Å². The molecule has 1 heterocycles. The average molecular weight is 309 g/mol. The molecule has 0 fully saturated rings. The molecule has 0 aromatic heterocycles. The monoisotopic (exact) mass is 308 g/mol. The minimum atomic E-state index is 0.644. The van der Waals surface area contributed by atoms with E-state index in [2.05, 4.69) is 4.90 Å². The Morgan fingerprint density at radius 3 is 2.80 bits per heavy atom. The van der Waals surface area contributed by atoms with Crippen LogP contribution in [0.2, 0.25) is 10.0 Å². The van der Waals surface area contributed by atoms with Gasteiger partial charge in [-0.2, -0.15) is 0 Å². The van der Waals surface area contributed by atoms with Gasteiger partial charge in [-0.1, -0.05) is 29.3 Å². The van der Waals surface area contributed by atoms with Crippen LogP contribution in [0.4, 0.5) is 11.4 Å². The zero-order valence-corrected chi connectivity index (χ0v) is 12.3. The van der Waals surface area contributed by atoms with Gasteiger partial charge < -0.3 is 15.4 Å². The summed E-state index contributed by atoms with van der Waals surface area (Å²) in [5.74, 6) is 0.857. The van der Waals surface area contributed by atoms with Gasteiger partial charge in [-0.25, -0.2) is 0 Å². The molecule has 2 N–H and O–H groups in total. The summed E-state index contributed by atoms with van der Waals surface area (Å²) in [7, 11) is 0. The zero-order valence-electron chi connectivity index (χ0n) is 10.8. The van der Waals surface area contributed by atoms with Gasteiger partial charge in [0.2, 0.25) is 0 Å². The Morgan fingerprint density at radius 1 is 1.15 bits per heavy atom. The number of hydrogen-bond donors (Lipinski definition) is 1. The number of nitrogens with zero attached hydrogens (tertiary/aromatic N) is 1. The van der Waals surface area contributed by atoms with E-state index in [1.165, 1.54) is 0 Å². The smallest absolute Gasteiger partial charge is 0.142 e. The second-order valence-electron chi connectivity index (χ2n) is 4.73. The third-order valence-corrected chi connectivity index (χ3v) is 3.91. The standard InChI is InChI=1S/C15H14Cl2N2O/c16-11-2-1-10(13(17)7-11)9-19-5-6-20-15-4-3-12(18)8-14(15)19/h1-4,7-8H,5-6,9,18H2. The van der Waals surface area contributed by atoms with E-state index in [4.69, 9.17) is 33.7 Å². The highest BCUT2D eigenvalue weighted by molar-refractivity contribution is 6.35. The van der Waals surface area contributed by atoms with Crippen LogP contribution in [0.1, 0.15) is 5.56 Å². The number of fused-ring (bicyclic) bond motifs is 1. The maximum atomic E-state index is 6.24. The summed E-state index contributed by atoms with van der Waals surface area (Å²) < 4.78 is 5.64. The van der Waals surface area contributed by atoms with Crippen molar-refractivity contribution in [2.24, 2.45) is 0 Å². The topological polar surface area (TPSA) is 38.5 Å². The summed E-state index contributed by atoms with van der Waals surface area (Å²) in [6, 6.07) is 11.2. The summed E-state index contributed by atoms with van der Waals surface area (Å²) in [6.07, 6.45) is 0. The highest BCUT2D eigenvalue weighted by Crippen LogP contribution is 2.35. The molecule has 3 rings (SSSR count). The first-order valence-corrected chi connectivity index (χ1v) is 7.10. The zero-order chi connectivity index (χ0) is 14.1. The van der Waals surface area contributed by atoms with E-state index in [0.717, 1.165) is 29.2 Å². The van der Waals surface area contributed by atoms with Crippen molar-refractivity contribution in [3.63, 3.8) is 0 Å². The van der Waals surface area contributed by atoms with Crippen LogP contribution >= 0.6 is 23.2 Å². The minimum absolute atomic E-state index is 0.644. The molecule has 2 aromatic rings. The van der Waals surface area contributed by atoms with Gasteiger partial charge >= 0.3 is 0 Å². The molecule has 0 saturated carbocycles. The first-order valence-electron chi connectivity index (χ1n) is 6.35. The summed E-state index contributed by atoms with van der Waals surface area (Å²) in [5, 5.41) is 1.32. The summed E-state index contributed by atoms with van der Waals surface area (Å²) >= 11 is 12.2. The van der Waals surface area contributed by atoms with E-state index in [0.29, 0.717) is 23.2 Å². The molecule has 20 heavy (non-hydrogen) atoms. The molecule has 0 bridgehead atoms. The maximum Gasteiger partial charge on any atom is 0.142 e. The molecule has 1 aliphatic rings. The Morgan fingerprint density at radius 2 is 2.00 bits per heavy atom. The summed E-state index contributed by atoms with van der Waals surface area (Å²) in [6.45, 7) is 2.16. The van der Waals surface area contributed by atoms with Gasteiger partial charge in [-0.05, 0) is 35.9 Å². The predicted octanol–water partition coefficient (Wildman–Crippen LogP) is 3.97. The first-order chi connectivity index (χ1) is 9.63. The summed E-state index contributed by atoms with van der Waals surface area (Å²) in [4.78, 5) is 2.21. The van der Waals surface area contributed by atoms with Crippen LogP contribution < -0.4 is 15.4 Å². The molecule has 0 saturated heterocycles. The van der Waals surface area contributed by atoms with Crippen molar-refractivity contribution < 1.29 is 4.74 Å². The van der Waals surface area contributed by atoms with E-state index in [9.17, 15) is 0 Å². The molecule has 104 valence electrons. The Hall–Kier alpha value is -1.58. The number of nitrogen functional groups attached to an aromatic ring is 1. The SMILES string of the molecule is Nc1ccc2c(c1)N(Cc1ccc(Cl)cc1Cl)CCO2. The fourth-order valence-corrected chi connectivity index (χ4v) is 2.78. The van der Waals surface area contributed by atoms with Crippen LogP contribution in [0, 0.1) is 0 Å². The third-order valence-electron chi connectivity index (χ3n) is 3.32. The number of benzene rings is 2. The van der Waals surface area contributed by atoms with Crippen molar-refractivity contribution in [3.05, 3.63) is 52.0 Å². The van der Waals surface area contributed by atoms with Crippen molar-refractivity contribution in [1.82, 2.24) is 0 Å². The molecule has 2 aromatic carbocycles. The lowest BCUT2D eigenvalue weighted by molar-refractivity contribution is 0.307. The fraction of sp³-hybridized carbons (Fsp3) is 0.200. The van der Waals surface area contributed by atoms with Crippen molar-refractivity contribution >= 4 is 34.6 Å². The van der Waals surface area contributed by atoms with Gasteiger partial charge in [-0.3, -0.25) is 0 Å². The van der Waals surface area contributed by atoms with Crippen molar-refractivity contribution in [1.29, 1.82) is 0 Å². The lowest BCUT2D eigenvalue weighted by atomic mass is 10.1. The van der Waals surface area contributed by atoms with Crippen LogP contribution in [-0.4, -0.2) is 13.2 Å². The van der Waals surface area contributed by atoms with Crippen molar-refractivity contribution in [2.45, 2.75) is 6.54 Å². The van der Waals surface area contributed by atoms with Gasteiger partial charge in [0.25, 0.3) is 0 Å². The molecular formula is C15H14Cl2N2O. The van der Waals surface area contributed by atoms with Crippen molar-refractivity contribution in [2.75, 3.05) is 23.8 Å². The lowest BCUT2D eigenvalue weighted by Crippen LogP contribution is -2.32. The van der Waals surface area contributed by atoms with Gasteiger partial charge in [0.1, 0.15) is 12.4 Å². The second kappa shape index (κ2) is 5.43. The van der Waals surface area contributed by atoms with Gasteiger partial charge in [0.15, 0.2) is 0 Å². The number of rotatable bonds is 2. The van der Waals surface area contributed by atoms with Crippen LogP contribution in [0.5, 0.6) is 5.75 Å². The normalized spacial score (nSPS) is 13.8. The van der Waals surface area contributed by atoms with E-state index < -0.39 is 0 Å². The first kappa shape index (κ1) is 13.4. The molecule has 1 aliphatic heterocycles. The highest BCUT2D eigenvalue weighted by Gasteiger charge is 2.19. The van der Waals surface area contributed by atoms with Gasteiger partial charge in [0, 0.05) is 22.3 Å². The van der Waals surface area contributed by atoms with Crippen molar-refractivity contribution in [3.8, 4) is 5.75 Å². The number of hydrogen-bond acceptors (Lipinski definition) is 3. The highest BCUT2D eigenvalue weighted by atomic mass is 35.5. The predicted molar refractivity (Wildman–Crippen MR) is 83.9 cm³/mol. The fourth-order valence-electron chi connectivity index (χ4n) is 2.31. The van der Waals surface area contributed by atoms with Gasteiger partial charge in [0.05, 0.1) is 12.2 Å². The number of nitrogens with two attached hydrogens (primary N) is 1. The molecule has 0 amide bonds. The van der Waals surface area contributed by atoms with E-state index in [1.54, 1.807) is 6.07 Å². The van der Waals surface area contributed by atoms with Crippen LogP contribution in [0.25, 0.3) is 0 Å². The Labute approximate surface area is 127 Å². The lowest BCUT2D eigenvalue weighted by Gasteiger charge is -2.31. The molecule has 3 nitrogen and oxygen atoms in total. The van der Waals surface area contributed by atoms with E-state index in [-0.39, 0.29) is 0 Å². The van der Waals surface area contributed by atoms with Gasteiger partial charge in [-0.15, -0.1) is 0 Å². The largest absolute Gasteiger partial charge is 0.490 e. The van der Waals surface area contributed by atoms with Crippen LogP contribution in [0.3, 0.4) is 0 Å². The quantitative estimate of drug-likeness (QED) is 0.853. The second-order valence-corrected chi connectivity index (χ2v) is 5.58. The summed E-state index contributed by atoms with van der Waals surface area (Å²) in [5.41, 5.74) is 8.62. The Balaban J connectivity index is 1.91. The molecule has 0 atom stereocenters. The molecule has 0 unspecified atom stereocenters. The number of halogens is 2. The third kappa shape index (κ3) is 2.65. The molecule has 0 spiro atoms. The van der Waals surface area contributed by atoms with Crippen LogP contribution in [-0.2, 0) is 6.54 Å². The molecular weight excluding hydrogens is 295 g/mol. The Bertz CT molecular complexity index is 646. The minimum Gasteiger partial charge on any atom is -0.490 e. The maximum absolute atomic E-state index is 6.24. The number of anilines is 2. The van der Waals surface area contributed by atoms with Crippen LogP contribution in [0.15, 0.2) is 36.4 Å². The Kier molecular flexibility index (Phi) is 3.64. The molecule has 0 radical (unpaired) electrons.